The molecule has 1 amide bonds. The van der Waals surface area contributed by atoms with Crippen LogP contribution in [-0.4, -0.2) is 73.9 Å². The molecule has 0 bridgehead atoms. The molecule has 0 saturated carbocycles. The summed E-state index contributed by atoms with van der Waals surface area (Å²) in [6, 6.07) is 9.09. The van der Waals surface area contributed by atoms with Crippen molar-refractivity contribution in [2.45, 2.75) is 32.7 Å². The van der Waals surface area contributed by atoms with Gasteiger partial charge < -0.3 is 39.5 Å². The zero-order valence-electron chi connectivity index (χ0n) is 23.0. The maximum atomic E-state index is 13.5. The average Bonchev–Trinajstić information content (AvgIpc) is 3.30. The van der Waals surface area contributed by atoms with E-state index in [1.54, 1.807) is 51.4 Å². The zero-order chi connectivity index (χ0) is 27.9. The number of nitrogens with two attached hydrogens (primary N) is 1. The monoisotopic (exact) mass is 539 g/mol. The fourth-order valence-electron chi connectivity index (χ4n) is 4.91. The van der Waals surface area contributed by atoms with Crippen molar-refractivity contribution in [1.29, 1.82) is 0 Å². The topological polar surface area (TPSA) is 130 Å². The van der Waals surface area contributed by atoms with Gasteiger partial charge in [0.15, 0.2) is 11.5 Å². The molecule has 1 aliphatic heterocycles. The van der Waals surface area contributed by atoms with E-state index in [2.05, 4.69) is 5.32 Å². The van der Waals surface area contributed by atoms with Crippen LogP contribution >= 0.6 is 0 Å². The first-order valence-electron chi connectivity index (χ1n) is 13.2. The van der Waals surface area contributed by atoms with E-state index in [-0.39, 0.29) is 17.8 Å². The number of methoxy groups -OCH3 is 3. The van der Waals surface area contributed by atoms with Crippen LogP contribution in [0, 0.1) is 5.92 Å². The fourth-order valence-corrected chi connectivity index (χ4v) is 4.91. The molecule has 3 aromatic rings. The van der Waals surface area contributed by atoms with Crippen LogP contribution in [0.15, 0.2) is 30.3 Å². The number of piperidine rings is 1. The number of aryl methyl sites for hydroxylation is 1. The van der Waals surface area contributed by atoms with Crippen molar-refractivity contribution in [3.05, 3.63) is 35.9 Å². The maximum absolute atomic E-state index is 13.5. The summed E-state index contributed by atoms with van der Waals surface area (Å²) >= 11 is 0. The molecule has 1 saturated heterocycles. The van der Waals surface area contributed by atoms with Gasteiger partial charge in [0.2, 0.25) is 11.7 Å². The van der Waals surface area contributed by atoms with Gasteiger partial charge in [-0.05, 0) is 50.9 Å². The molecule has 1 aliphatic rings. The van der Waals surface area contributed by atoms with Crippen molar-refractivity contribution in [3.63, 3.8) is 0 Å². The van der Waals surface area contributed by atoms with Crippen LogP contribution in [0.2, 0.25) is 0 Å². The van der Waals surface area contributed by atoms with Gasteiger partial charge in [0.25, 0.3) is 5.91 Å². The highest BCUT2D eigenvalue weighted by atomic mass is 16.5. The van der Waals surface area contributed by atoms with Crippen molar-refractivity contribution in [1.82, 2.24) is 14.5 Å². The van der Waals surface area contributed by atoms with Gasteiger partial charge in [-0.2, -0.15) is 0 Å². The van der Waals surface area contributed by atoms with Gasteiger partial charge in [-0.1, -0.05) is 0 Å². The van der Waals surface area contributed by atoms with Gasteiger partial charge in [0, 0.05) is 43.0 Å². The lowest BCUT2D eigenvalue weighted by Gasteiger charge is -2.31. The number of esters is 1. The molecule has 2 heterocycles. The molecule has 4 rings (SSSR count). The Morgan fingerprint density at radius 1 is 1.10 bits per heavy atom. The van der Waals surface area contributed by atoms with Crippen LogP contribution < -0.4 is 25.3 Å². The molecular formula is C28H37N5O6. The first-order chi connectivity index (χ1) is 18.9. The van der Waals surface area contributed by atoms with Gasteiger partial charge >= 0.3 is 5.97 Å². The van der Waals surface area contributed by atoms with Gasteiger partial charge in [-0.25, -0.2) is 4.98 Å². The first-order valence-corrected chi connectivity index (χ1v) is 13.2. The van der Waals surface area contributed by atoms with E-state index in [0.29, 0.717) is 67.2 Å². The second-order valence-electron chi connectivity index (χ2n) is 9.31. The molecule has 1 unspecified atom stereocenters. The number of ether oxygens (including phenoxy) is 4. The summed E-state index contributed by atoms with van der Waals surface area (Å²) in [6.45, 7) is 4.19. The van der Waals surface area contributed by atoms with E-state index in [0.717, 1.165) is 30.3 Å². The van der Waals surface area contributed by atoms with E-state index in [1.807, 2.05) is 16.7 Å². The lowest BCUT2D eigenvalue weighted by molar-refractivity contribution is -0.149. The largest absolute Gasteiger partial charge is 0.493 e. The smallest absolute Gasteiger partial charge is 0.310 e. The van der Waals surface area contributed by atoms with Crippen molar-refractivity contribution in [2.75, 3.05) is 52.9 Å². The fraction of sp³-hybridized carbons (Fsp3) is 0.464. The number of hydrogen-bond donors (Lipinski definition) is 2. The van der Waals surface area contributed by atoms with Gasteiger partial charge in [0.1, 0.15) is 0 Å². The summed E-state index contributed by atoms with van der Waals surface area (Å²) in [7, 11) is 4.68. The quantitative estimate of drug-likeness (QED) is 0.351. The van der Waals surface area contributed by atoms with Crippen molar-refractivity contribution < 1.29 is 28.5 Å². The highest BCUT2D eigenvalue weighted by molar-refractivity contribution is 5.98. The molecule has 0 radical (unpaired) electrons. The van der Waals surface area contributed by atoms with Crippen LogP contribution in [0.5, 0.6) is 17.2 Å². The molecule has 1 aromatic heterocycles. The normalized spacial score (nSPS) is 15.2. The number of fused-ring (bicyclic) bond motifs is 1. The maximum Gasteiger partial charge on any atom is 0.310 e. The van der Waals surface area contributed by atoms with Crippen LogP contribution in [0.3, 0.4) is 0 Å². The molecular weight excluding hydrogens is 502 g/mol. The third kappa shape index (κ3) is 6.03. The molecule has 1 atom stereocenters. The Morgan fingerprint density at radius 2 is 1.85 bits per heavy atom. The lowest BCUT2D eigenvalue weighted by atomic mass is 9.97. The number of nitrogens with one attached hydrogen (secondary N) is 1. The number of aromatic nitrogens is 2. The number of anilines is 2. The molecule has 2 aromatic carbocycles. The van der Waals surface area contributed by atoms with Crippen LogP contribution in [0.25, 0.3) is 11.0 Å². The molecule has 11 heteroatoms. The molecule has 39 heavy (non-hydrogen) atoms. The van der Waals surface area contributed by atoms with Crippen LogP contribution in [-0.2, 0) is 16.1 Å². The van der Waals surface area contributed by atoms with E-state index in [1.165, 1.54) is 0 Å². The predicted octanol–water partition coefficient (Wildman–Crippen LogP) is 3.57. The van der Waals surface area contributed by atoms with E-state index in [9.17, 15) is 9.59 Å². The molecule has 0 aliphatic carbocycles. The second kappa shape index (κ2) is 12.7. The number of nitrogens with zero attached hydrogens (tertiary/aromatic N) is 3. The van der Waals surface area contributed by atoms with Crippen molar-refractivity contribution in [3.8, 4) is 17.2 Å². The number of imidazole rings is 1. The van der Waals surface area contributed by atoms with Crippen LogP contribution in [0.1, 0.15) is 36.5 Å². The summed E-state index contributed by atoms with van der Waals surface area (Å²) < 4.78 is 23.6. The molecule has 0 spiro atoms. The number of benzene rings is 2. The number of carbonyl (C=O) groups is 2. The SMILES string of the molecule is CCOC(=O)C1CCCN(C(=O)c2ccc3nc(Nc4cc(OC)c(OC)c(OC)c4)n(CCCN)c3c2)C1. The Morgan fingerprint density at radius 3 is 2.49 bits per heavy atom. The number of rotatable bonds is 11. The Kier molecular flexibility index (Phi) is 9.13. The minimum atomic E-state index is -0.296. The molecule has 1 fully saturated rings. The Labute approximate surface area is 228 Å². The average molecular weight is 540 g/mol. The predicted molar refractivity (Wildman–Crippen MR) is 148 cm³/mol. The van der Waals surface area contributed by atoms with Crippen LogP contribution in [0.4, 0.5) is 11.6 Å². The summed E-state index contributed by atoms with van der Waals surface area (Å²) in [4.78, 5) is 32.3. The van der Waals surface area contributed by atoms with E-state index < -0.39 is 0 Å². The van der Waals surface area contributed by atoms with Crippen molar-refractivity contribution >= 4 is 34.5 Å². The summed E-state index contributed by atoms with van der Waals surface area (Å²) in [5, 5.41) is 3.36. The highest BCUT2D eigenvalue weighted by Gasteiger charge is 2.30. The lowest BCUT2D eigenvalue weighted by Crippen LogP contribution is -2.42. The third-order valence-corrected chi connectivity index (χ3v) is 6.83. The van der Waals surface area contributed by atoms with E-state index in [4.69, 9.17) is 29.7 Å². The number of amides is 1. The summed E-state index contributed by atoms with van der Waals surface area (Å²) in [5.74, 6) is 1.46. The second-order valence-corrected chi connectivity index (χ2v) is 9.31. The molecule has 11 nitrogen and oxygen atoms in total. The highest BCUT2D eigenvalue weighted by Crippen LogP contribution is 2.40. The summed E-state index contributed by atoms with van der Waals surface area (Å²) in [5.41, 5.74) is 8.62. The minimum absolute atomic E-state index is 0.114. The number of hydrogen-bond acceptors (Lipinski definition) is 9. The Balaban J connectivity index is 1.66. The Bertz CT molecular complexity index is 1300. The summed E-state index contributed by atoms with van der Waals surface area (Å²) in [6.07, 6.45) is 2.21. The van der Waals surface area contributed by atoms with Gasteiger partial charge in [-0.15, -0.1) is 0 Å². The van der Waals surface area contributed by atoms with Gasteiger partial charge in [-0.3, -0.25) is 9.59 Å². The first kappa shape index (κ1) is 28.0. The molecule has 210 valence electrons. The zero-order valence-corrected chi connectivity index (χ0v) is 23.0. The third-order valence-electron chi connectivity index (χ3n) is 6.83. The molecule has 3 N–H and O–H groups in total. The van der Waals surface area contributed by atoms with E-state index >= 15 is 0 Å². The standard InChI is InChI=1S/C28H37N5O6/c1-5-39-27(35)19-8-6-12-32(17-19)26(34)18-9-10-21-22(14-18)33(13-7-11-29)28(31-21)30-20-15-23(36-2)25(38-4)24(16-20)37-3/h9-10,14-16,19H,5-8,11-13,17,29H2,1-4H3,(H,30,31). The van der Waals surface area contributed by atoms with Crippen molar-refractivity contribution in [2.24, 2.45) is 11.7 Å². The number of likely N-dealkylation sites (tertiary alicyclic amines) is 1. The van der Waals surface area contributed by atoms with Gasteiger partial charge in [0.05, 0.1) is 44.9 Å². The Hall–Kier alpha value is -3.99. The minimum Gasteiger partial charge on any atom is -0.493 e. The number of carbonyl (C=O) groups excluding carboxylic acids is 2.